The third-order valence-corrected chi connectivity index (χ3v) is 3.75. The molecule has 2 aromatic rings. The maximum atomic E-state index is 5.91. The molecule has 19 heavy (non-hydrogen) atoms. The van der Waals surface area contributed by atoms with E-state index in [9.17, 15) is 0 Å². The summed E-state index contributed by atoms with van der Waals surface area (Å²) < 4.78 is 5.18. The lowest BCUT2D eigenvalue weighted by Crippen LogP contribution is -1.99. The lowest BCUT2D eigenvalue weighted by molar-refractivity contribution is 0.379. The summed E-state index contributed by atoms with van der Waals surface area (Å²) in [6.45, 7) is 2.66. The fourth-order valence-electron chi connectivity index (χ4n) is 1.50. The van der Waals surface area contributed by atoms with Crippen LogP contribution < -0.4 is 5.32 Å². The summed E-state index contributed by atoms with van der Waals surface area (Å²) in [4.78, 5) is 4.33. The molecule has 0 fully saturated rings. The van der Waals surface area contributed by atoms with E-state index in [1.165, 1.54) is 0 Å². The number of anilines is 1. The van der Waals surface area contributed by atoms with Gasteiger partial charge < -0.3 is 9.84 Å². The number of nitrogens with one attached hydrogen (secondary N) is 1. The van der Waals surface area contributed by atoms with Crippen molar-refractivity contribution in [2.75, 3.05) is 11.1 Å². The van der Waals surface area contributed by atoms with E-state index in [0.717, 1.165) is 29.4 Å². The number of aromatic nitrogens is 2. The zero-order valence-electron chi connectivity index (χ0n) is 10.7. The first kappa shape index (κ1) is 14.2. The molecule has 0 saturated carbocycles. The summed E-state index contributed by atoms with van der Waals surface area (Å²) in [5.74, 6) is 3.26. The molecule has 0 aliphatic carbocycles. The minimum absolute atomic E-state index is 0.506. The molecule has 0 aliphatic heterocycles. The molecule has 0 atom stereocenters. The maximum Gasteiger partial charge on any atom is 0.245 e. The van der Waals surface area contributed by atoms with Crippen LogP contribution >= 0.6 is 23.4 Å². The second-order valence-electron chi connectivity index (χ2n) is 4.02. The van der Waals surface area contributed by atoms with Crippen LogP contribution in [0.3, 0.4) is 0 Å². The predicted octanol–water partition coefficient (Wildman–Crippen LogP) is 3.98. The van der Waals surface area contributed by atoms with Gasteiger partial charge in [0.2, 0.25) is 5.89 Å². The minimum Gasteiger partial charge on any atom is -0.376 e. The molecule has 0 radical (unpaired) electrons. The molecule has 0 unspecified atom stereocenters. The number of benzene rings is 1. The Morgan fingerprint density at radius 3 is 3.11 bits per heavy atom. The van der Waals surface area contributed by atoms with Crippen LogP contribution in [0.4, 0.5) is 5.69 Å². The summed E-state index contributed by atoms with van der Waals surface area (Å²) in [5, 5.41) is 7.84. The lowest BCUT2D eigenvalue weighted by atomic mass is 10.3. The van der Waals surface area contributed by atoms with Crippen molar-refractivity contribution >= 4 is 29.1 Å². The Labute approximate surface area is 121 Å². The van der Waals surface area contributed by atoms with E-state index < -0.39 is 0 Å². The van der Waals surface area contributed by atoms with Crippen molar-refractivity contribution in [1.29, 1.82) is 0 Å². The molecule has 1 N–H and O–H groups in total. The number of thioether (sulfide) groups is 1. The van der Waals surface area contributed by atoms with Gasteiger partial charge in [-0.25, -0.2) is 0 Å². The van der Waals surface area contributed by atoms with E-state index in [4.69, 9.17) is 16.1 Å². The Morgan fingerprint density at radius 2 is 2.32 bits per heavy atom. The van der Waals surface area contributed by atoms with Crippen LogP contribution in [0, 0.1) is 0 Å². The highest BCUT2D eigenvalue weighted by molar-refractivity contribution is 7.98. The molecular weight excluding hydrogens is 282 g/mol. The van der Waals surface area contributed by atoms with Gasteiger partial charge in [-0.2, -0.15) is 16.7 Å². The van der Waals surface area contributed by atoms with Gasteiger partial charge in [-0.05, 0) is 30.4 Å². The molecule has 2 rings (SSSR count). The van der Waals surface area contributed by atoms with E-state index in [2.05, 4.69) is 22.4 Å². The molecule has 1 heterocycles. The summed E-state index contributed by atoms with van der Waals surface area (Å²) in [5.41, 5.74) is 0.938. The summed E-state index contributed by atoms with van der Waals surface area (Å²) in [6, 6.07) is 7.53. The van der Waals surface area contributed by atoms with E-state index in [-0.39, 0.29) is 0 Å². The Morgan fingerprint density at radius 1 is 1.42 bits per heavy atom. The summed E-state index contributed by atoms with van der Waals surface area (Å²) >= 11 is 7.72. The quantitative estimate of drug-likeness (QED) is 0.783. The maximum absolute atomic E-state index is 5.91. The largest absolute Gasteiger partial charge is 0.376 e. The number of nitrogens with zero attached hydrogens (tertiary/aromatic N) is 2. The van der Waals surface area contributed by atoms with Crippen molar-refractivity contribution in [1.82, 2.24) is 10.1 Å². The molecule has 0 amide bonds. The zero-order chi connectivity index (χ0) is 13.5. The van der Waals surface area contributed by atoms with E-state index in [0.29, 0.717) is 17.5 Å². The van der Waals surface area contributed by atoms with Crippen LogP contribution in [0.25, 0.3) is 0 Å². The van der Waals surface area contributed by atoms with Gasteiger partial charge in [0.25, 0.3) is 0 Å². The molecule has 1 aromatic carbocycles. The molecule has 1 aromatic heterocycles. The topological polar surface area (TPSA) is 51.0 Å². The number of rotatable bonds is 7. The highest BCUT2D eigenvalue weighted by Crippen LogP contribution is 2.16. The SMILES string of the molecule is CCCSCc1noc(CNc2cccc(Cl)c2)n1. The highest BCUT2D eigenvalue weighted by Gasteiger charge is 2.06. The van der Waals surface area contributed by atoms with Crippen LogP contribution in [0.2, 0.25) is 5.02 Å². The highest BCUT2D eigenvalue weighted by atomic mass is 35.5. The normalized spacial score (nSPS) is 10.6. The van der Waals surface area contributed by atoms with E-state index in [1.54, 1.807) is 0 Å². The Hall–Kier alpha value is -1.20. The Balaban J connectivity index is 1.83. The second kappa shape index (κ2) is 7.40. The number of hydrogen-bond acceptors (Lipinski definition) is 5. The standard InChI is InChI=1S/C13H16ClN3OS/c1-2-6-19-9-12-16-13(18-17-12)8-15-11-5-3-4-10(14)7-11/h3-5,7,15H,2,6,8-9H2,1H3. The molecule has 102 valence electrons. The first-order chi connectivity index (χ1) is 9.28. The number of halogens is 1. The predicted molar refractivity (Wildman–Crippen MR) is 79.5 cm³/mol. The van der Waals surface area contributed by atoms with Gasteiger partial charge in [0.05, 0.1) is 12.3 Å². The van der Waals surface area contributed by atoms with Crippen LogP contribution in [0.5, 0.6) is 0 Å². The van der Waals surface area contributed by atoms with E-state index >= 15 is 0 Å². The first-order valence-corrected chi connectivity index (χ1v) is 7.70. The van der Waals surface area contributed by atoms with Crippen molar-refractivity contribution in [2.45, 2.75) is 25.6 Å². The van der Waals surface area contributed by atoms with Gasteiger partial charge >= 0.3 is 0 Å². The van der Waals surface area contributed by atoms with Crippen LogP contribution in [0.1, 0.15) is 25.1 Å². The van der Waals surface area contributed by atoms with Crippen molar-refractivity contribution in [3.63, 3.8) is 0 Å². The summed E-state index contributed by atoms with van der Waals surface area (Å²) in [7, 11) is 0. The van der Waals surface area contributed by atoms with Gasteiger partial charge in [0, 0.05) is 10.7 Å². The minimum atomic E-state index is 0.506. The second-order valence-corrected chi connectivity index (χ2v) is 5.56. The van der Waals surface area contributed by atoms with Gasteiger partial charge in [0.15, 0.2) is 5.82 Å². The Bertz CT molecular complexity index is 518. The molecular formula is C13H16ClN3OS. The van der Waals surface area contributed by atoms with Gasteiger partial charge in [0.1, 0.15) is 0 Å². The fourth-order valence-corrected chi connectivity index (χ4v) is 2.43. The van der Waals surface area contributed by atoms with Crippen molar-refractivity contribution in [3.8, 4) is 0 Å². The average Bonchev–Trinajstić information content (AvgIpc) is 2.85. The number of hydrogen-bond donors (Lipinski definition) is 1. The van der Waals surface area contributed by atoms with Gasteiger partial charge in [-0.3, -0.25) is 0 Å². The zero-order valence-corrected chi connectivity index (χ0v) is 12.3. The van der Waals surface area contributed by atoms with Crippen LogP contribution in [-0.4, -0.2) is 15.9 Å². The van der Waals surface area contributed by atoms with Crippen molar-refractivity contribution in [2.24, 2.45) is 0 Å². The average molecular weight is 298 g/mol. The van der Waals surface area contributed by atoms with Crippen molar-refractivity contribution < 1.29 is 4.52 Å². The van der Waals surface area contributed by atoms with Gasteiger partial charge in [-0.1, -0.05) is 29.7 Å². The third kappa shape index (κ3) is 4.76. The van der Waals surface area contributed by atoms with Crippen LogP contribution in [0.15, 0.2) is 28.8 Å². The third-order valence-electron chi connectivity index (χ3n) is 2.36. The van der Waals surface area contributed by atoms with Crippen molar-refractivity contribution in [3.05, 3.63) is 41.0 Å². The first-order valence-electron chi connectivity index (χ1n) is 6.16. The lowest BCUT2D eigenvalue weighted by Gasteiger charge is -2.02. The molecule has 0 bridgehead atoms. The monoisotopic (exact) mass is 297 g/mol. The van der Waals surface area contributed by atoms with E-state index in [1.807, 2.05) is 36.0 Å². The van der Waals surface area contributed by atoms with Crippen LogP contribution in [-0.2, 0) is 12.3 Å². The molecule has 0 spiro atoms. The smallest absolute Gasteiger partial charge is 0.245 e. The molecule has 4 nitrogen and oxygen atoms in total. The molecule has 0 aliphatic rings. The Kier molecular flexibility index (Phi) is 5.54. The van der Waals surface area contributed by atoms with Gasteiger partial charge in [-0.15, -0.1) is 0 Å². The fraction of sp³-hybridized carbons (Fsp3) is 0.385. The molecule has 6 heteroatoms. The molecule has 0 saturated heterocycles. The summed E-state index contributed by atoms with van der Waals surface area (Å²) in [6.07, 6.45) is 1.16.